The third kappa shape index (κ3) is 4.70. The predicted molar refractivity (Wildman–Crippen MR) is 71.0 cm³/mol. The van der Waals surface area contributed by atoms with Gasteiger partial charge in [0.25, 0.3) is 0 Å². The molecule has 0 atom stereocenters. The van der Waals surface area contributed by atoms with Gasteiger partial charge in [-0.2, -0.15) is 0 Å². The zero-order valence-corrected chi connectivity index (χ0v) is 12.1. The Hall–Kier alpha value is -1.01. The average molecular weight is 272 g/mol. The van der Waals surface area contributed by atoms with Crippen molar-refractivity contribution < 1.29 is 14.6 Å². The molecule has 0 amide bonds. The van der Waals surface area contributed by atoms with Crippen molar-refractivity contribution in [3.63, 3.8) is 0 Å². The number of hydrogen-bond acceptors (Lipinski definition) is 4. The van der Waals surface area contributed by atoms with Crippen molar-refractivity contribution in [1.29, 1.82) is 0 Å². The standard InChI is InChI=1S/C12H20N2O3S/c1-5-17-12(3,4)8-14-6-9(2)13-11(14)18-7-10(15)16/h6H,5,7-8H2,1-4H3,(H,15,16). The summed E-state index contributed by atoms with van der Waals surface area (Å²) in [5, 5.41) is 9.43. The highest BCUT2D eigenvalue weighted by Crippen LogP contribution is 2.21. The molecule has 1 aromatic rings. The topological polar surface area (TPSA) is 64.4 Å². The number of carboxylic acid groups (broad SMARTS) is 1. The van der Waals surface area contributed by atoms with E-state index in [0.29, 0.717) is 13.2 Å². The number of carboxylic acids is 1. The van der Waals surface area contributed by atoms with Crippen molar-refractivity contribution in [2.45, 2.75) is 45.0 Å². The van der Waals surface area contributed by atoms with Crippen LogP contribution in [0, 0.1) is 6.92 Å². The molecule has 0 aromatic carbocycles. The van der Waals surface area contributed by atoms with Crippen molar-refractivity contribution in [3.8, 4) is 0 Å². The van der Waals surface area contributed by atoms with E-state index in [1.807, 2.05) is 38.5 Å². The molecule has 0 unspecified atom stereocenters. The molecule has 1 N–H and O–H groups in total. The van der Waals surface area contributed by atoms with E-state index in [2.05, 4.69) is 4.98 Å². The summed E-state index contributed by atoms with van der Waals surface area (Å²) in [6.07, 6.45) is 1.92. The Kier molecular flexibility index (Phi) is 5.22. The summed E-state index contributed by atoms with van der Waals surface area (Å²) in [6.45, 7) is 9.19. The second-order valence-corrected chi connectivity index (χ2v) is 5.61. The Balaban J connectivity index is 2.78. The molecule has 0 spiro atoms. The van der Waals surface area contributed by atoms with Gasteiger partial charge in [0.1, 0.15) is 0 Å². The van der Waals surface area contributed by atoms with E-state index in [1.165, 1.54) is 11.8 Å². The molecule has 1 rings (SSSR count). The number of ether oxygens (including phenoxy) is 1. The first-order chi connectivity index (χ1) is 8.34. The predicted octanol–water partition coefficient (Wildman–Crippen LogP) is 2.18. The molecule has 5 nitrogen and oxygen atoms in total. The summed E-state index contributed by atoms with van der Waals surface area (Å²) >= 11 is 1.23. The highest BCUT2D eigenvalue weighted by atomic mass is 32.2. The van der Waals surface area contributed by atoms with Crippen LogP contribution < -0.4 is 0 Å². The van der Waals surface area contributed by atoms with E-state index in [0.717, 1.165) is 10.9 Å². The van der Waals surface area contributed by atoms with Crippen LogP contribution in [0.4, 0.5) is 0 Å². The summed E-state index contributed by atoms with van der Waals surface area (Å²) in [5.74, 6) is -0.817. The van der Waals surface area contributed by atoms with Crippen molar-refractivity contribution >= 4 is 17.7 Å². The van der Waals surface area contributed by atoms with Crippen molar-refractivity contribution in [2.24, 2.45) is 0 Å². The first kappa shape index (κ1) is 15.0. The van der Waals surface area contributed by atoms with Crippen LogP contribution in [0.1, 0.15) is 26.5 Å². The van der Waals surface area contributed by atoms with Gasteiger partial charge in [-0.05, 0) is 27.7 Å². The molecule has 0 fully saturated rings. The normalized spacial score (nSPS) is 11.8. The summed E-state index contributed by atoms with van der Waals surface area (Å²) < 4.78 is 7.61. The number of imidazole rings is 1. The second kappa shape index (κ2) is 6.24. The molecule has 6 heteroatoms. The van der Waals surface area contributed by atoms with Crippen molar-refractivity contribution in [1.82, 2.24) is 9.55 Å². The quantitative estimate of drug-likeness (QED) is 0.771. The zero-order chi connectivity index (χ0) is 13.8. The molecule has 1 aromatic heterocycles. The summed E-state index contributed by atoms with van der Waals surface area (Å²) in [4.78, 5) is 14.9. The maximum absolute atomic E-state index is 10.6. The maximum Gasteiger partial charge on any atom is 0.313 e. The minimum absolute atomic E-state index is 0.0194. The van der Waals surface area contributed by atoms with Crippen LogP contribution in [0.3, 0.4) is 0 Å². The Labute approximate surface area is 112 Å². The highest BCUT2D eigenvalue weighted by Gasteiger charge is 2.20. The van der Waals surface area contributed by atoms with Gasteiger partial charge in [-0.3, -0.25) is 4.79 Å². The first-order valence-corrected chi connectivity index (χ1v) is 6.85. The highest BCUT2D eigenvalue weighted by molar-refractivity contribution is 7.99. The zero-order valence-electron chi connectivity index (χ0n) is 11.3. The van der Waals surface area contributed by atoms with Crippen molar-refractivity contribution in [3.05, 3.63) is 11.9 Å². The van der Waals surface area contributed by atoms with E-state index in [9.17, 15) is 4.79 Å². The number of nitrogens with zero attached hydrogens (tertiary/aromatic N) is 2. The smallest absolute Gasteiger partial charge is 0.313 e. The van der Waals surface area contributed by atoms with Crippen LogP contribution in [0.2, 0.25) is 0 Å². The Bertz CT molecular complexity index is 415. The lowest BCUT2D eigenvalue weighted by atomic mass is 10.1. The van der Waals surface area contributed by atoms with Gasteiger partial charge in [0.15, 0.2) is 5.16 Å². The third-order valence-electron chi connectivity index (χ3n) is 2.27. The average Bonchev–Trinajstić information content (AvgIpc) is 2.54. The fraction of sp³-hybridized carbons (Fsp3) is 0.667. The molecule has 0 saturated carbocycles. The van der Waals surface area contributed by atoms with Gasteiger partial charge in [-0.1, -0.05) is 11.8 Å². The van der Waals surface area contributed by atoms with Crippen molar-refractivity contribution in [2.75, 3.05) is 12.4 Å². The molecule has 0 saturated heterocycles. The Morgan fingerprint density at radius 1 is 1.61 bits per heavy atom. The summed E-state index contributed by atoms with van der Waals surface area (Å²) in [7, 11) is 0. The minimum atomic E-state index is -0.837. The molecule has 0 radical (unpaired) electrons. The number of carbonyl (C=O) groups is 1. The number of thioether (sulfide) groups is 1. The molecule has 18 heavy (non-hydrogen) atoms. The number of aryl methyl sites for hydroxylation is 1. The van der Waals surface area contributed by atoms with Gasteiger partial charge in [0, 0.05) is 12.8 Å². The minimum Gasteiger partial charge on any atom is -0.481 e. The summed E-state index contributed by atoms with van der Waals surface area (Å²) in [6, 6.07) is 0. The van der Waals surface area contributed by atoms with Crippen LogP contribution in [0.15, 0.2) is 11.4 Å². The van der Waals surface area contributed by atoms with Crippen LogP contribution >= 0.6 is 11.8 Å². The van der Waals surface area contributed by atoms with Gasteiger partial charge in [-0.25, -0.2) is 4.98 Å². The SMILES string of the molecule is CCOC(C)(C)Cn1cc(C)nc1SCC(=O)O. The molecule has 102 valence electrons. The number of hydrogen-bond donors (Lipinski definition) is 1. The number of rotatable bonds is 7. The van der Waals surface area contributed by atoms with Gasteiger partial charge >= 0.3 is 5.97 Å². The van der Waals surface area contributed by atoms with E-state index >= 15 is 0 Å². The van der Waals surface area contributed by atoms with Gasteiger partial charge in [0.2, 0.25) is 0 Å². The summed E-state index contributed by atoms with van der Waals surface area (Å²) in [5.41, 5.74) is 0.593. The molecule has 1 heterocycles. The third-order valence-corrected chi connectivity index (χ3v) is 3.25. The molecule has 0 aliphatic heterocycles. The van der Waals surface area contributed by atoms with Crippen LogP contribution in [-0.4, -0.2) is 38.6 Å². The van der Waals surface area contributed by atoms with E-state index in [-0.39, 0.29) is 11.4 Å². The van der Waals surface area contributed by atoms with Crippen LogP contribution in [0.5, 0.6) is 0 Å². The number of aliphatic carboxylic acids is 1. The maximum atomic E-state index is 10.6. The van der Waals surface area contributed by atoms with E-state index in [1.54, 1.807) is 0 Å². The lowest BCUT2D eigenvalue weighted by Gasteiger charge is -2.25. The van der Waals surface area contributed by atoms with E-state index in [4.69, 9.17) is 9.84 Å². The molecule has 0 aliphatic carbocycles. The largest absolute Gasteiger partial charge is 0.481 e. The molecule has 0 aliphatic rings. The fourth-order valence-corrected chi connectivity index (χ4v) is 2.47. The van der Waals surface area contributed by atoms with Gasteiger partial charge in [0.05, 0.1) is 23.6 Å². The second-order valence-electron chi connectivity index (χ2n) is 4.67. The Morgan fingerprint density at radius 2 is 2.28 bits per heavy atom. The lowest BCUT2D eigenvalue weighted by molar-refractivity contribution is -0.133. The molecular formula is C12H20N2O3S. The lowest BCUT2D eigenvalue weighted by Crippen LogP contribution is -2.30. The monoisotopic (exact) mass is 272 g/mol. The van der Waals surface area contributed by atoms with Gasteiger partial charge < -0.3 is 14.4 Å². The molecular weight excluding hydrogens is 252 g/mol. The first-order valence-electron chi connectivity index (χ1n) is 5.86. The number of aromatic nitrogens is 2. The van der Waals surface area contributed by atoms with E-state index < -0.39 is 5.97 Å². The molecule has 0 bridgehead atoms. The Morgan fingerprint density at radius 3 is 2.83 bits per heavy atom. The fourth-order valence-electron chi connectivity index (χ4n) is 1.73. The van der Waals surface area contributed by atoms with Gasteiger partial charge in [-0.15, -0.1) is 0 Å². The van der Waals surface area contributed by atoms with Crippen LogP contribution in [0.25, 0.3) is 0 Å². The van der Waals surface area contributed by atoms with Crippen LogP contribution in [-0.2, 0) is 16.1 Å².